The van der Waals surface area contributed by atoms with Gasteiger partial charge in [0, 0.05) is 12.3 Å². The molecule has 3 aromatic heterocycles. The number of nitrogens with one attached hydrogen (secondary N) is 1. The number of fused-ring (bicyclic) bond motifs is 1. The lowest BCUT2D eigenvalue weighted by molar-refractivity contribution is 0.101. The highest BCUT2D eigenvalue weighted by atomic mass is 32.1. The lowest BCUT2D eigenvalue weighted by atomic mass is 10.3. The summed E-state index contributed by atoms with van der Waals surface area (Å²) in [7, 11) is 0. The quantitative estimate of drug-likeness (QED) is 0.571. The van der Waals surface area contributed by atoms with Crippen molar-refractivity contribution in [3.8, 4) is 17.4 Å². The first kappa shape index (κ1) is 16.0. The topological polar surface area (TPSA) is 97.2 Å². The number of hydrogen-bond acceptors (Lipinski definition) is 7. The molecular weight excluding hydrogens is 352 g/mol. The Labute approximate surface area is 152 Å². The number of carbonyl (C=O) groups excluding carboxylic acids is 1. The first-order valence-electron chi connectivity index (χ1n) is 7.65. The molecule has 7 nitrogen and oxygen atoms in total. The molecule has 0 aliphatic carbocycles. The number of hydrogen-bond donors (Lipinski definition) is 2. The number of rotatable bonds is 4. The van der Waals surface area contributed by atoms with E-state index in [-0.39, 0.29) is 11.4 Å². The van der Waals surface area contributed by atoms with Crippen molar-refractivity contribution in [3.63, 3.8) is 0 Å². The van der Waals surface area contributed by atoms with Crippen molar-refractivity contribution >= 4 is 32.7 Å². The van der Waals surface area contributed by atoms with Crippen LogP contribution in [0.25, 0.3) is 10.3 Å². The van der Waals surface area contributed by atoms with Crippen LogP contribution in [0.4, 0.5) is 5.13 Å². The van der Waals surface area contributed by atoms with Gasteiger partial charge in [0.2, 0.25) is 5.88 Å². The number of pyridine rings is 2. The van der Waals surface area contributed by atoms with Crippen molar-refractivity contribution in [1.29, 1.82) is 0 Å². The highest BCUT2D eigenvalue weighted by Gasteiger charge is 2.15. The minimum Gasteiger partial charge on any atom is -0.505 e. The van der Waals surface area contributed by atoms with Gasteiger partial charge < -0.3 is 9.84 Å². The summed E-state index contributed by atoms with van der Waals surface area (Å²) in [6.07, 6.45) is 1.43. The highest BCUT2D eigenvalue weighted by molar-refractivity contribution is 7.22. The number of amides is 1. The van der Waals surface area contributed by atoms with Crippen molar-refractivity contribution in [2.24, 2.45) is 0 Å². The van der Waals surface area contributed by atoms with Crippen LogP contribution in [0.3, 0.4) is 0 Å². The Balaban J connectivity index is 1.56. The summed E-state index contributed by atoms with van der Waals surface area (Å²) in [6.45, 7) is 0. The predicted molar refractivity (Wildman–Crippen MR) is 97.8 cm³/mol. The molecular formula is C18H12N4O3S. The number of nitrogens with zero attached hydrogens (tertiary/aromatic N) is 3. The molecule has 1 amide bonds. The molecule has 0 aliphatic rings. The highest BCUT2D eigenvalue weighted by Crippen LogP contribution is 2.28. The van der Waals surface area contributed by atoms with Gasteiger partial charge in [0.1, 0.15) is 21.8 Å². The van der Waals surface area contributed by atoms with Crippen LogP contribution in [0.1, 0.15) is 10.5 Å². The van der Waals surface area contributed by atoms with E-state index in [1.54, 1.807) is 18.2 Å². The van der Waals surface area contributed by atoms with Crippen molar-refractivity contribution < 1.29 is 14.6 Å². The molecule has 4 aromatic rings. The molecule has 128 valence electrons. The summed E-state index contributed by atoms with van der Waals surface area (Å²) in [5.41, 5.74) is 0.573. The van der Waals surface area contributed by atoms with E-state index in [0.717, 1.165) is 0 Å². The van der Waals surface area contributed by atoms with Crippen LogP contribution in [0.2, 0.25) is 0 Å². The standard InChI is InChI=1S/C18H12N4O3S/c23-13-7-4-10-19-15(13)16(24)22-18-20-12-8-9-14(21-17(12)26-18)25-11-5-2-1-3-6-11/h1-10,23H,(H,20,22,24). The predicted octanol–water partition coefficient (Wildman–Crippen LogP) is 3.84. The van der Waals surface area contributed by atoms with Crippen molar-refractivity contribution in [2.75, 3.05) is 5.32 Å². The van der Waals surface area contributed by atoms with Crippen LogP contribution in [0, 0.1) is 0 Å². The van der Waals surface area contributed by atoms with Crippen LogP contribution in [0.5, 0.6) is 17.4 Å². The monoisotopic (exact) mass is 364 g/mol. The molecule has 0 saturated heterocycles. The second kappa shape index (κ2) is 6.77. The minimum absolute atomic E-state index is 0.0622. The summed E-state index contributed by atoms with van der Waals surface area (Å²) in [5.74, 6) is 0.390. The molecule has 0 atom stereocenters. The zero-order chi connectivity index (χ0) is 17.9. The maximum atomic E-state index is 12.2. The molecule has 26 heavy (non-hydrogen) atoms. The zero-order valence-electron chi connectivity index (χ0n) is 13.3. The molecule has 1 aromatic carbocycles. The number of ether oxygens (including phenoxy) is 1. The Morgan fingerprint density at radius 3 is 2.69 bits per heavy atom. The van der Waals surface area contributed by atoms with Gasteiger partial charge in [-0.3, -0.25) is 10.1 Å². The zero-order valence-corrected chi connectivity index (χ0v) is 14.1. The fraction of sp³-hybridized carbons (Fsp3) is 0. The van der Waals surface area contributed by atoms with E-state index < -0.39 is 5.91 Å². The van der Waals surface area contributed by atoms with Gasteiger partial charge in [-0.25, -0.2) is 15.0 Å². The molecule has 2 N–H and O–H groups in total. The third-order valence-electron chi connectivity index (χ3n) is 3.42. The maximum Gasteiger partial charge on any atom is 0.279 e. The van der Waals surface area contributed by atoms with E-state index in [1.807, 2.05) is 30.3 Å². The first-order valence-corrected chi connectivity index (χ1v) is 8.46. The van der Waals surface area contributed by atoms with Crippen molar-refractivity contribution in [1.82, 2.24) is 15.0 Å². The van der Waals surface area contributed by atoms with Crippen molar-refractivity contribution in [3.05, 3.63) is 66.5 Å². The van der Waals surface area contributed by atoms with Gasteiger partial charge >= 0.3 is 0 Å². The fourth-order valence-corrected chi connectivity index (χ4v) is 3.07. The van der Waals surface area contributed by atoms with E-state index in [4.69, 9.17) is 4.74 Å². The molecule has 0 aliphatic heterocycles. The molecule has 0 fully saturated rings. The smallest absolute Gasteiger partial charge is 0.279 e. The third kappa shape index (κ3) is 3.31. The number of aromatic hydroxyl groups is 1. The van der Waals surface area contributed by atoms with E-state index >= 15 is 0 Å². The van der Waals surface area contributed by atoms with Crippen LogP contribution in [-0.4, -0.2) is 26.0 Å². The van der Waals surface area contributed by atoms with Crippen LogP contribution in [0.15, 0.2) is 60.8 Å². The van der Waals surface area contributed by atoms with Gasteiger partial charge in [0.05, 0.1) is 0 Å². The van der Waals surface area contributed by atoms with Crippen LogP contribution in [-0.2, 0) is 0 Å². The molecule has 0 unspecified atom stereocenters. The fourth-order valence-electron chi connectivity index (χ4n) is 2.25. The Bertz CT molecular complexity index is 1080. The summed E-state index contributed by atoms with van der Waals surface area (Å²) in [4.78, 5) is 25.4. The molecule has 4 rings (SSSR count). The van der Waals surface area contributed by atoms with E-state index in [2.05, 4.69) is 20.3 Å². The molecule has 0 spiro atoms. The number of para-hydroxylation sites is 1. The lowest BCUT2D eigenvalue weighted by Gasteiger charge is -2.03. The number of anilines is 1. The normalized spacial score (nSPS) is 10.6. The summed E-state index contributed by atoms with van der Waals surface area (Å²) >= 11 is 1.21. The lowest BCUT2D eigenvalue weighted by Crippen LogP contribution is -2.13. The third-order valence-corrected chi connectivity index (χ3v) is 4.30. The number of carbonyl (C=O) groups is 1. The van der Waals surface area contributed by atoms with Crippen LogP contribution < -0.4 is 10.1 Å². The van der Waals surface area contributed by atoms with E-state index in [1.165, 1.54) is 23.6 Å². The van der Waals surface area contributed by atoms with Crippen LogP contribution >= 0.6 is 11.3 Å². The average molecular weight is 364 g/mol. The maximum absolute atomic E-state index is 12.2. The molecule has 3 heterocycles. The molecule has 0 bridgehead atoms. The number of benzene rings is 1. The average Bonchev–Trinajstić information content (AvgIpc) is 3.04. The Morgan fingerprint density at radius 2 is 1.88 bits per heavy atom. The second-order valence-electron chi connectivity index (χ2n) is 5.23. The second-order valence-corrected chi connectivity index (χ2v) is 6.21. The number of aromatic nitrogens is 3. The summed E-state index contributed by atoms with van der Waals surface area (Å²) in [6, 6.07) is 15.8. The molecule has 8 heteroatoms. The largest absolute Gasteiger partial charge is 0.505 e. The Kier molecular flexibility index (Phi) is 4.16. The summed E-state index contributed by atoms with van der Waals surface area (Å²) in [5, 5.41) is 12.7. The Hall–Kier alpha value is -3.52. The summed E-state index contributed by atoms with van der Waals surface area (Å²) < 4.78 is 5.70. The number of thiazole rings is 1. The molecule has 0 saturated carbocycles. The minimum atomic E-state index is -0.539. The van der Waals surface area contributed by atoms with E-state index in [0.29, 0.717) is 27.1 Å². The van der Waals surface area contributed by atoms with Gasteiger partial charge in [0.15, 0.2) is 10.8 Å². The van der Waals surface area contributed by atoms with Gasteiger partial charge in [-0.2, -0.15) is 0 Å². The molecule has 0 radical (unpaired) electrons. The van der Waals surface area contributed by atoms with Gasteiger partial charge in [-0.15, -0.1) is 0 Å². The first-order chi connectivity index (χ1) is 12.7. The van der Waals surface area contributed by atoms with Crippen molar-refractivity contribution in [2.45, 2.75) is 0 Å². The Morgan fingerprint density at radius 1 is 1.04 bits per heavy atom. The van der Waals surface area contributed by atoms with Gasteiger partial charge in [0.25, 0.3) is 5.91 Å². The SMILES string of the molecule is O=C(Nc1nc2ccc(Oc3ccccc3)nc2s1)c1ncccc1O. The van der Waals surface area contributed by atoms with Gasteiger partial charge in [-0.05, 0) is 30.3 Å². The van der Waals surface area contributed by atoms with E-state index in [9.17, 15) is 9.90 Å². The van der Waals surface area contributed by atoms with Gasteiger partial charge in [-0.1, -0.05) is 29.5 Å².